The Labute approximate surface area is 127 Å². The number of aromatic nitrogens is 2. The molecule has 4 rings (SSSR count). The number of hydrogen-bond donors (Lipinski definition) is 1. The Balaban J connectivity index is 1.62. The number of imidazole rings is 1. The SMILES string of the molecule is O=C1C[C@H](C(=O)N2CCn3cncc3C2)c2ccccc2N1. The van der Waals surface area contributed by atoms with Gasteiger partial charge in [-0.15, -0.1) is 0 Å². The highest BCUT2D eigenvalue weighted by atomic mass is 16.2. The number of anilines is 1. The molecule has 1 atom stereocenters. The van der Waals surface area contributed by atoms with Gasteiger partial charge in [-0.3, -0.25) is 9.59 Å². The third-order valence-corrected chi connectivity index (χ3v) is 4.37. The molecule has 0 unspecified atom stereocenters. The van der Waals surface area contributed by atoms with Gasteiger partial charge in [-0.1, -0.05) is 18.2 Å². The Bertz CT molecular complexity index is 752. The Hall–Kier alpha value is -2.63. The number of nitrogens with zero attached hydrogens (tertiary/aromatic N) is 3. The van der Waals surface area contributed by atoms with E-state index in [0.717, 1.165) is 23.5 Å². The number of amides is 2. The summed E-state index contributed by atoms with van der Waals surface area (Å²) in [5.41, 5.74) is 2.69. The highest BCUT2D eigenvalue weighted by Gasteiger charge is 2.34. The average Bonchev–Trinajstić information content (AvgIpc) is 3.00. The fourth-order valence-electron chi connectivity index (χ4n) is 3.22. The maximum Gasteiger partial charge on any atom is 0.231 e. The van der Waals surface area contributed by atoms with E-state index >= 15 is 0 Å². The van der Waals surface area contributed by atoms with Crippen molar-refractivity contribution in [1.82, 2.24) is 14.5 Å². The first kappa shape index (κ1) is 13.1. The first-order chi connectivity index (χ1) is 10.7. The smallest absolute Gasteiger partial charge is 0.231 e. The molecule has 2 aromatic rings. The van der Waals surface area contributed by atoms with E-state index in [2.05, 4.69) is 14.9 Å². The van der Waals surface area contributed by atoms with Gasteiger partial charge in [-0.05, 0) is 11.6 Å². The van der Waals surface area contributed by atoms with Crippen LogP contribution in [-0.4, -0.2) is 32.8 Å². The van der Waals surface area contributed by atoms with Crippen molar-refractivity contribution in [2.24, 2.45) is 0 Å². The second kappa shape index (κ2) is 4.98. The molecular weight excluding hydrogens is 280 g/mol. The molecular formula is C16H16N4O2. The lowest BCUT2D eigenvalue weighted by Crippen LogP contribution is -2.42. The summed E-state index contributed by atoms with van der Waals surface area (Å²) in [4.78, 5) is 30.7. The lowest BCUT2D eigenvalue weighted by Gasteiger charge is -2.33. The Morgan fingerprint density at radius 2 is 2.14 bits per heavy atom. The van der Waals surface area contributed by atoms with Crippen molar-refractivity contribution in [3.8, 4) is 0 Å². The monoisotopic (exact) mass is 296 g/mol. The molecule has 22 heavy (non-hydrogen) atoms. The molecule has 112 valence electrons. The van der Waals surface area contributed by atoms with Gasteiger partial charge in [0.05, 0.1) is 24.5 Å². The number of benzene rings is 1. The average molecular weight is 296 g/mol. The molecule has 0 fully saturated rings. The minimum Gasteiger partial charge on any atom is -0.334 e. The zero-order valence-electron chi connectivity index (χ0n) is 12.0. The van der Waals surface area contributed by atoms with Gasteiger partial charge in [0, 0.05) is 31.4 Å². The molecule has 0 aliphatic carbocycles. The predicted octanol–water partition coefficient (Wildman–Crippen LogP) is 1.35. The molecule has 0 saturated heterocycles. The van der Waals surface area contributed by atoms with Gasteiger partial charge in [0.1, 0.15) is 0 Å². The van der Waals surface area contributed by atoms with Gasteiger partial charge in [-0.25, -0.2) is 4.98 Å². The van der Waals surface area contributed by atoms with Crippen LogP contribution in [0.4, 0.5) is 5.69 Å². The summed E-state index contributed by atoms with van der Waals surface area (Å²) >= 11 is 0. The third-order valence-electron chi connectivity index (χ3n) is 4.37. The van der Waals surface area contributed by atoms with Crippen molar-refractivity contribution in [2.45, 2.75) is 25.4 Å². The Morgan fingerprint density at radius 1 is 1.27 bits per heavy atom. The summed E-state index contributed by atoms with van der Waals surface area (Å²) in [6.07, 6.45) is 3.80. The van der Waals surface area contributed by atoms with Crippen molar-refractivity contribution in [2.75, 3.05) is 11.9 Å². The summed E-state index contributed by atoms with van der Waals surface area (Å²) in [7, 11) is 0. The van der Waals surface area contributed by atoms with E-state index in [0.29, 0.717) is 13.1 Å². The van der Waals surface area contributed by atoms with Crippen LogP contribution in [0.3, 0.4) is 0 Å². The summed E-state index contributed by atoms with van der Waals surface area (Å²) in [5, 5.41) is 2.84. The van der Waals surface area contributed by atoms with Gasteiger partial charge in [0.2, 0.25) is 11.8 Å². The fourth-order valence-corrected chi connectivity index (χ4v) is 3.22. The van der Waals surface area contributed by atoms with Crippen LogP contribution < -0.4 is 5.32 Å². The molecule has 0 radical (unpaired) electrons. The fraction of sp³-hybridized carbons (Fsp3) is 0.312. The Morgan fingerprint density at radius 3 is 3.05 bits per heavy atom. The lowest BCUT2D eigenvalue weighted by molar-refractivity contribution is -0.136. The van der Waals surface area contributed by atoms with E-state index in [9.17, 15) is 9.59 Å². The summed E-state index contributed by atoms with van der Waals surface area (Å²) in [5.74, 6) is -0.465. The van der Waals surface area contributed by atoms with E-state index in [-0.39, 0.29) is 24.2 Å². The van der Waals surface area contributed by atoms with Crippen molar-refractivity contribution < 1.29 is 9.59 Å². The van der Waals surface area contributed by atoms with Crippen molar-refractivity contribution in [3.63, 3.8) is 0 Å². The molecule has 1 N–H and O–H groups in total. The standard InChI is InChI=1S/C16H16N4O2/c21-15-7-13(12-3-1-2-4-14(12)18-15)16(22)19-5-6-20-10-17-8-11(20)9-19/h1-4,8,10,13H,5-7,9H2,(H,18,21)/t13-/m0/s1. The quantitative estimate of drug-likeness (QED) is 0.864. The number of hydrogen-bond acceptors (Lipinski definition) is 3. The normalized spacial score (nSPS) is 20.1. The second-order valence-electron chi connectivity index (χ2n) is 5.73. The van der Waals surface area contributed by atoms with Crippen LogP contribution in [0.1, 0.15) is 23.6 Å². The van der Waals surface area contributed by atoms with Crippen LogP contribution in [0.25, 0.3) is 0 Å². The number of rotatable bonds is 1. The predicted molar refractivity (Wildman–Crippen MR) is 80.1 cm³/mol. The number of fused-ring (bicyclic) bond motifs is 2. The van der Waals surface area contributed by atoms with Crippen LogP contribution in [0, 0.1) is 0 Å². The van der Waals surface area contributed by atoms with E-state index in [4.69, 9.17) is 0 Å². The molecule has 2 amide bonds. The lowest BCUT2D eigenvalue weighted by atomic mass is 9.89. The van der Waals surface area contributed by atoms with E-state index < -0.39 is 0 Å². The van der Waals surface area contributed by atoms with Crippen LogP contribution in [-0.2, 0) is 22.7 Å². The maximum atomic E-state index is 12.9. The highest BCUT2D eigenvalue weighted by molar-refractivity contribution is 6.01. The van der Waals surface area contributed by atoms with Crippen molar-refractivity contribution in [3.05, 3.63) is 48.0 Å². The van der Waals surface area contributed by atoms with Crippen LogP contribution >= 0.6 is 0 Å². The molecule has 1 aromatic heterocycles. The van der Waals surface area contributed by atoms with Gasteiger partial charge < -0.3 is 14.8 Å². The molecule has 6 heteroatoms. The molecule has 0 bridgehead atoms. The second-order valence-corrected chi connectivity index (χ2v) is 5.73. The maximum absolute atomic E-state index is 12.9. The molecule has 0 saturated carbocycles. The van der Waals surface area contributed by atoms with Gasteiger partial charge in [0.15, 0.2) is 0 Å². The van der Waals surface area contributed by atoms with E-state index in [1.807, 2.05) is 29.2 Å². The number of nitrogens with one attached hydrogen (secondary N) is 1. The first-order valence-electron chi connectivity index (χ1n) is 7.39. The number of para-hydroxylation sites is 1. The minimum absolute atomic E-state index is 0.0229. The first-order valence-corrected chi connectivity index (χ1v) is 7.39. The summed E-state index contributed by atoms with van der Waals surface area (Å²) in [6, 6.07) is 7.54. The van der Waals surface area contributed by atoms with Gasteiger partial charge in [-0.2, -0.15) is 0 Å². The molecule has 1 aromatic carbocycles. The number of carbonyl (C=O) groups is 2. The Kier molecular flexibility index (Phi) is 2.96. The molecule has 6 nitrogen and oxygen atoms in total. The molecule has 3 heterocycles. The van der Waals surface area contributed by atoms with Crippen LogP contribution in [0.2, 0.25) is 0 Å². The van der Waals surface area contributed by atoms with E-state index in [1.165, 1.54) is 0 Å². The zero-order valence-corrected chi connectivity index (χ0v) is 12.0. The molecule has 2 aliphatic rings. The largest absolute Gasteiger partial charge is 0.334 e. The summed E-state index contributed by atoms with van der Waals surface area (Å²) in [6.45, 7) is 1.96. The number of carbonyl (C=O) groups excluding carboxylic acids is 2. The zero-order chi connectivity index (χ0) is 15.1. The topological polar surface area (TPSA) is 67.2 Å². The van der Waals surface area contributed by atoms with Crippen LogP contribution in [0.5, 0.6) is 0 Å². The minimum atomic E-state index is -0.389. The van der Waals surface area contributed by atoms with Crippen molar-refractivity contribution >= 4 is 17.5 Å². The van der Waals surface area contributed by atoms with E-state index in [1.54, 1.807) is 12.5 Å². The van der Waals surface area contributed by atoms with Gasteiger partial charge >= 0.3 is 0 Å². The molecule has 0 spiro atoms. The summed E-state index contributed by atoms with van der Waals surface area (Å²) < 4.78 is 2.06. The van der Waals surface area contributed by atoms with Gasteiger partial charge in [0.25, 0.3) is 0 Å². The van der Waals surface area contributed by atoms with Crippen LogP contribution in [0.15, 0.2) is 36.8 Å². The van der Waals surface area contributed by atoms with Crippen molar-refractivity contribution in [1.29, 1.82) is 0 Å². The molecule has 2 aliphatic heterocycles. The highest BCUT2D eigenvalue weighted by Crippen LogP contribution is 2.34. The third kappa shape index (κ3) is 2.07.